The Morgan fingerprint density at radius 2 is 1.56 bits per heavy atom. The van der Waals surface area contributed by atoms with Gasteiger partial charge in [0.05, 0.1) is 22.8 Å². The molecule has 2 N–H and O–H groups in total. The molecule has 1 aromatic carbocycles. The van der Waals surface area contributed by atoms with Crippen LogP contribution in [0.25, 0.3) is 5.69 Å². The van der Waals surface area contributed by atoms with Gasteiger partial charge in [-0.05, 0) is 69.7 Å². The summed E-state index contributed by atoms with van der Waals surface area (Å²) in [5, 5.41) is 17.1. The first kappa shape index (κ1) is 31.6. The van der Waals surface area contributed by atoms with Gasteiger partial charge in [0.1, 0.15) is 0 Å². The number of piperidine rings is 1. The van der Waals surface area contributed by atoms with E-state index >= 15 is 0 Å². The number of sulfonamides is 1. The number of aliphatic carboxylic acids is 1. The lowest BCUT2D eigenvalue weighted by Gasteiger charge is -2.33. The number of likely N-dealkylation sites (tertiary alicyclic amines) is 1. The Bertz CT molecular complexity index is 1370. The Hall–Kier alpha value is -2.80. The molecule has 0 radical (unpaired) electrons. The lowest BCUT2D eigenvalue weighted by atomic mass is 9.86. The average Bonchev–Trinajstić information content (AvgIpc) is 3.27. The molecule has 0 spiro atoms. The number of carbonyl (C=O) groups is 2. The largest absolute Gasteiger partial charge is 0.480 e. The number of rotatable bonds is 10. The molecule has 0 unspecified atom stereocenters. The van der Waals surface area contributed by atoms with Crippen LogP contribution in [0.15, 0.2) is 29.2 Å². The number of carboxylic acids is 1. The Kier molecular flexibility index (Phi) is 10.2. The molecule has 1 saturated carbocycles. The molecule has 3 fully saturated rings. The molecule has 0 atom stereocenters. The first-order valence-electron chi connectivity index (χ1n) is 15.7. The molecule has 3 aliphatic rings. The van der Waals surface area contributed by atoms with Crippen molar-refractivity contribution in [3.8, 4) is 5.69 Å². The van der Waals surface area contributed by atoms with Gasteiger partial charge in [0.15, 0.2) is 0 Å². The number of hydrogen-bond donors (Lipinski definition) is 2. The summed E-state index contributed by atoms with van der Waals surface area (Å²) in [5.74, 6) is -0.130. The molecule has 3 heterocycles. The molecule has 43 heavy (non-hydrogen) atoms. The first-order valence-corrected chi connectivity index (χ1v) is 17.2. The van der Waals surface area contributed by atoms with Gasteiger partial charge in [-0.2, -0.15) is 9.40 Å². The standard InChI is InChI=1S/C31H46N6O5S/c1-23-29(21-34-14-12-26(13-15-34)32-30(38)20-25-6-4-3-5-7-25)24(2)37(33-23)27-8-10-28(11-9-27)43(41,42)36-18-16-35(17-19-36)22-31(39)40/h8-11,25-26H,3-7,12-22H2,1-2H3,(H,32,38)(H,39,40). The lowest BCUT2D eigenvalue weighted by Crippen LogP contribution is -2.49. The Labute approximate surface area is 255 Å². The highest BCUT2D eigenvalue weighted by atomic mass is 32.2. The van der Waals surface area contributed by atoms with Crippen LogP contribution in [0.4, 0.5) is 0 Å². The van der Waals surface area contributed by atoms with Crippen molar-refractivity contribution in [3.05, 3.63) is 41.2 Å². The van der Waals surface area contributed by atoms with Gasteiger partial charge in [-0.3, -0.25) is 19.4 Å². The van der Waals surface area contributed by atoms with Crippen molar-refractivity contribution in [2.45, 2.75) is 82.7 Å². The van der Waals surface area contributed by atoms with Crippen LogP contribution in [-0.2, 0) is 26.2 Å². The van der Waals surface area contributed by atoms with Crippen LogP contribution in [0.2, 0.25) is 0 Å². The minimum atomic E-state index is -3.67. The summed E-state index contributed by atoms with van der Waals surface area (Å²) in [7, 11) is -3.67. The number of aryl methyl sites for hydroxylation is 1. The van der Waals surface area contributed by atoms with Gasteiger partial charge in [0.25, 0.3) is 0 Å². The highest BCUT2D eigenvalue weighted by Gasteiger charge is 2.29. The summed E-state index contributed by atoms with van der Waals surface area (Å²) in [6.07, 6.45) is 8.79. The summed E-state index contributed by atoms with van der Waals surface area (Å²) in [6.45, 7) is 7.95. The van der Waals surface area contributed by atoms with Crippen molar-refractivity contribution in [2.75, 3.05) is 45.8 Å². The molecule has 236 valence electrons. The number of benzene rings is 1. The van der Waals surface area contributed by atoms with E-state index in [-0.39, 0.29) is 36.5 Å². The van der Waals surface area contributed by atoms with Gasteiger partial charge in [0.2, 0.25) is 15.9 Å². The number of piperazine rings is 1. The van der Waals surface area contributed by atoms with E-state index in [9.17, 15) is 18.0 Å². The molecular weight excluding hydrogens is 568 g/mol. The summed E-state index contributed by atoms with van der Waals surface area (Å²) in [4.78, 5) is 27.9. The highest BCUT2D eigenvalue weighted by Crippen LogP contribution is 2.27. The highest BCUT2D eigenvalue weighted by molar-refractivity contribution is 7.89. The zero-order valence-corrected chi connectivity index (χ0v) is 26.3. The molecule has 2 aromatic rings. The van der Waals surface area contributed by atoms with Crippen LogP contribution in [0.5, 0.6) is 0 Å². The smallest absolute Gasteiger partial charge is 0.317 e. The Balaban J connectivity index is 1.15. The van der Waals surface area contributed by atoms with Crippen molar-refractivity contribution in [1.29, 1.82) is 0 Å². The van der Waals surface area contributed by atoms with E-state index in [4.69, 9.17) is 10.2 Å². The SMILES string of the molecule is Cc1nn(-c2ccc(S(=O)(=O)N3CCN(CC(=O)O)CC3)cc2)c(C)c1CN1CCC(NC(=O)CC2CCCCC2)CC1. The van der Waals surface area contributed by atoms with Gasteiger partial charge >= 0.3 is 5.97 Å². The molecule has 5 rings (SSSR count). The summed E-state index contributed by atoms with van der Waals surface area (Å²) in [6, 6.07) is 7.08. The maximum Gasteiger partial charge on any atom is 0.317 e. The molecule has 1 amide bonds. The number of hydrogen-bond acceptors (Lipinski definition) is 7. The third-order valence-electron chi connectivity index (χ3n) is 9.38. The second-order valence-electron chi connectivity index (χ2n) is 12.5. The van der Waals surface area contributed by atoms with E-state index in [0.717, 1.165) is 49.6 Å². The second kappa shape index (κ2) is 13.9. The van der Waals surface area contributed by atoms with Gasteiger partial charge in [-0.15, -0.1) is 0 Å². The van der Waals surface area contributed by atoms with Gasteiger partial charge in [-0.1, -0.05) is 19.3 Å². The van der Waals surface area contributed by atoms with Crippen molar-refractivity contribution in [3.63, 3.8) is 0 Å². The lowest BCUT2D eigenvalue weighted by molar-refractivity contribution is -0.138. The van der Waals surface area contributed by atoms with E-state index in [1.807, 2.05) is 11.6 Å². The maximum atomic E-state index is 13.2. The molecule has 0 bridgehead atoms. The van der Waals surface area contributed by atoms with Gasteiger partial charge in [-0.25, -0.2) is 13.1 Å². The van der Waals surface area contributed by atoms with Crippen LogP contribution in [0.1, 0.15) is 68.3 Å². The van der Waals surface area contributed by atoms with E-state index in [2.05, 4.69) is 17.1 Å². The summed E-state index contributed by atoms with van der Waals surface area (Å²) >= 11 is 0. The van der Waals surface area contributed by atoms with E-state index in [1.54, 1.807) is 29.2 Å². The van der Waals surface area contributed by atoms with Crippen LogP contribution in [-0.4, -0.2) is 101 Å². The van der Waals surface area contributed by atoms with Gasteiger partial charge < -0.3 is 10.4 Å². The third kappa shape index (κ3) is 7.84. The van der Waals surface area contributed by atoms with Gasteiger partial charge in [0, 0.05) is 69.5 Å². The fourth-order valence-electron chi connectivity index (χ4n) is 6.78. The maximum absolute atomic E-state index is 13.2. The molecular formula is C31H46N6O5S. The van der Waals surface area contributed by atoms with E-state index < -0.39 is 16.0 Å². The van der Waals surface area contributed by atoms with Crippen LogP contribution in [0.3, 0.4) is 0 Å². The predicted octanol–water partition coefficient (Wildman–Crippen LogP) is 2.93. The molecule has 2 aliphatic heterocycles. The topological polar surface area (TPSA) is 128 Å². The number of carbonyl (C=O) groups excluding carboxylic acids is 1. The van der Waals surface area contributed by atoms with Crippen molar-refractivity contribution < 1.29 is 23.1 Å². The molecule has 1 aromatic heterocycles. The minimum absolute atomic E-state index is 0.0793. The fraction of sp³-hybridized carbons (Fsp3) is 0.645. The molecule has 12 heteroatoms. The number of amides is 1. The number of nitrogens with one attached hydrogen (secondary N) is 1. The Morgan fingerprint density at radius 3 is 2.19 bits per heavy atom. The van der Waals surface area contributed by atoms with Crippen LogP contribution < -0.4 is 5.32 Å². The monoisotopic (exact) mass is 614 g/mol. The van der Waals surface area contributed by atoms with Crippen molar-refractivity contribution >= 4 is 21.9 Å². The number of nitrogens with zero attached hydrogens (tertiary/aromatic N) is 5. The average molecular weight is 615 g/mol. The number of carboxylic acid groups (broad SMARTS) is 1. The zero-order chi connectivity index (χ0) is 30.6. The summed E-state index contributed by atoms with van der Waals surface area (Å²) < 4.78 is 29.7. The summed E-state index contributed by atoms with van der Waals surface area (Å²) in [5.41, 5.74) is 3.97. The van der Waals surface area contributed by atoms with E-state index in [0.29, 0.717) is 25.4 Å². The quantitative estimate of drug-likeness (QED) is 0.418. The van der Waals surface area contributed by atoms with Crippen LogP contribution >= 0.6 is 0 Å². The molecule has 2 saturated heterocycles. The molecule has 11 nitrogen and oxygen atoms in total. The second-order valence-corrected chi connectivity index (χ2v) is 14.4. The van der Waals surface area contributed by atoms with Crippen molar-refractivity contribution in [1.82, 2.24) is 29.2 Å². The number of aromatic nitrogens is 2. The molecule has 1 aliphatic carbocycles. The first-order chi connectivity index (χ1) is 20.6. The Morgan fingerprint density at radius 1 is 0.907 bits per heavy atom. The third-order valence-corrected chi connectivity index (χ3v) is 11.3. The van der Waals surface area contributed by atoms with E-state index in [1.165, 1.54) is 42.0 Å². The van der Waals surface area contributed by atoms with Crippen molar-refractivity contribution in [2.24, 2.45) is 5.92 Å². The normalized spacial score (nSPS) is 20.3. The minimum Gasteiger partial charge on any atom is -0.480 e. The van der Waals surface area contributed by atoms with Crippen LogP contribution in [0, 0.1) is 19.8 Å². The zero-order valence-electron chi connectivity index (χ0n) is 25.5. The fourth-order valence-corrected chi connectivity index (χ4v) is 8.20. The predicted molar refractivity (Wildman–Crippen MR) is 164 cm³/mol.